The molecule has 3 heteroatoms. The van der Waals surface area contributed by atoms with Crippen LogP contribution in [0.4, 0.5) is 11.4 Å². The third-order valence-corrected chi connectivity index (χ3v) is 3.32. The van der Waals surface area contributed by atoms with Gasteiger partial charge in [0.05, 0.1) is 0 Å². The monoisotopic (exact) mass is 282 g/mol. The Kier molecular flexibility index (Phi) is 4.63. The number of aryl methyl sites for hydroxylation is 3. The lowest BCUT2D eigenvalue weighted by molar-refractivity contribution is -0.114. The first-order valence-corrected chi connectivity index (χ1v) is 7.13. The van der Waals surface area contributed by atoms with Gasteiger partial charge >= 0.3 is 0 Å². The molecule has 2 aromatic carbocycles. The van der Waals surface area contributed by atoms with E-state index in [0.717, 1.165) is 23.5 Å². The minimum Gasteiger partial charge on any atom is -0.381 e. The Labute approximate surface area is 126 Å². The predicted molar refractivity (Wildman–Crippen MR) is 88.7 cm³/mol. The van der Waals surface area contributed by atoms with Gasteiger partial charge in [-0.25, -0.2) is 0 Å². The molecule has 0 heterocycles. The fourth-order valence-electron chi connectivity index (χ4n) is 2.46. The lowest BCUT2D eigenvalue weighted by Gasteiger charge is -2.13. The largest absolute Gasteiger partial charge is 0.381 e. The Hall–Kier alpha value is -2.29. The standard InChI is InChI=1S/C18H22N2O/c1-12-7-13(2)9-16(8-12)11-19-18-10-17(20-15(4)21)6-5-14(18)3/h5-10,19H,11H2,1-4H3,(H,20,21). The Morgan fingerprint density at radius 1 is 1.00 bits per heavy atom. The van der Waals surface area contributed by atoms with E-state index in [1.54, 1.807) is 0 Å². The first-order chi connectivity index (χ1) is 9.94. The lowest BCUT2D eigenvalue weighted by atomic mass is 10.1. The van der Waals surface area contributed by atoms with Crippen molar-refractivity contribution in [3.63, 3.8) is 0 Å². The zero-order chi connectivity index (χ0) is 15.4. The summed E-state index contributed by atoms with van der Waals surface area (Å²) in [5.41, 5.74) is 6.83. The summed E-state index contributed by atoms with van der Waals surface area (Å²) < 4.78 is 0. The molecule has 2 aromatic rings. The van der Waals surface area contributed by atoms with Crippen LogP contribution in [0.3, 0.4) is 0 Å². The van der Waals surface area contributed by atoms with Crippen LogP contribution >= 0.6 is 0 Å². The van der Waals surface area contributed by atoms with E-state index in [1.165, 1.54) is 23.6 Å². The molecule has 0 bridgehead atoms. The smallest absolute Gasteiger partial charge is 0.221 e. The molecular formula is C18H22N2O. The van der Waals surface area contributed by atoms with Crippen LogP contribution in [0, 0.1) is 20.8 Å². The Balaban J connectivity index is 2.13. The molecule has 0 radical (unpaired) electrons. The molecule has 1 amide bonds. The number of rotatable bonds is 4. The molecule has 0 unspecified atom stereocenters. The summed E-state index contributed by atoms with van der Waals surface area (Å²) in [6.07, 6.45) is 0. The highest BCUT2D eigenvalue weighted by atomic mass is 16.1. The predicted octanol–water partition coefficient (Wildman–Crippen LogP) is 4.18. The molecule has 0 fully saturated rings. The molecule has 2 rings (SSSR count). The number of anilines is 2. The van der Waals surface area contributed by atoms with Crippen LogP contribution in [0.25, 0.3) is 0 Å². The SMILES string of the molecule is CC(=O)Nc1ccc(C)c(NCc2cc(C)cc(C)c2)c1. The van der Waals surface area contributed by atoms with Crippen molar-refractivity contribution < 1.29 is 4.79 Å². The number of benzene rings is 2. The van der Waals surface area contributed by atoms with E-state index >= 15 is 0 Å². The zero-order valence-electron chi connectivity index (χ0n) is 13.1. The van der Waals surface area contributed by atoms with Gasteiger partial charge in [0.25, 0.3) is 0 Å². The number of carbonyl (C=O) groups excluding carboxylic acids is 1. The van der Waals surface area contributed by atoms with E-state index in [4.69, 9.17) is 0 Å². The molecule has 0 aromatic heterocycles. The van der Waals surface area contributed by atoms with Gasteiger partial charge < -0.3 is 10.6 Å². The van der Waals surface area contributed by atoms with E-state index in [2.05, 4.69) is 49.6 Å². The number of hydrogen-bond donors (Lipinski definition) is 2. The fraction of sp³-hybridized carbons (Fsp3) is 0.278. The molecule has 0 atom stereocenters. The van der Waals surface area contributed by atoms with Gasteiger partial charge in [-0.1, -0.05) is 35.4 Å². The molecule has 0 aliphatic rings. The second kappa shape index (κ2) is 6.44. The Morgan fingerprint density at radius 3 is 2.29 bits per heavy atom. The molecule has 0 saturated heterocycles. The van der Waals surface area contributed by atoms with Gasteiger partial charge in [-0.15, -0.1) is 0 Å². The lowest BCUT2D eigenvalue weighted by Crippen LogP contribution is -2.07. The maximum absolute atomic E-state index is 11.1. The minimum atomic E-state index is -0.0564. The van der Waals surface area contributed by atoms with Crippen molar-refractivity contribution in [2.45, 2.75) is 34.2 Å². The Bertz CT molecular complexity index is 642. The van der Waals surface area contributed by atoms with Gasteiger partial charge in [0.1, 0.15) is 0 Å². The van der Waals surface area contributed by atoms with Gasteiger partial charge in [0.2, 0.25) is 5.91 Å². The average molecular weight is 282 g/mol. The van der Waals surface area contributed by atoms with Crippen molar-refractivity contribution >= 4 is 17.3 Å². The molecule has 21 heavy (non-hydrogen) atoms. The molecule has 0 aliphatic heterocycles. The van der Waals surface area contributed by atoms with Crippen molar-refractivity contribution in [2.75, 3.05) is 10.6 Å². The summed E-state index contributed by atoms with van der Waals surface area (Å²) in [6.45, 7) is 8.56. The molecule has 0 spiro atoms. The van der Waals surface area contributed by atoms with Crippen molar-refractivity contribution in [1.82, 2.24) is 0 Å². The maximum atomic E-state index is 11.1. The summed E-state index contributed by atoms with van der Waals surface area (Å²) in [4.78, 5) is 11.1. The van der Waals surface area contributed by atoms with Crippen LogP contribution in [0.15, 0.2) is 36.4 Å². The molecule has 110 valence electrons. The topological polar surface area (TPSA) is 41.1 Å². The summed E-state index contributed by atoms with van der Waals surface area (Å²) in [7, 11) is 0. The summed E-state index contributed by atoms with van der Waals surface area (Å²) >= 11 is 0. The van der Waals surface area contributed by atoms with E-state index < -0.39 is 0 Å². The molecule has 2 N–H and O–H groups in total. The van der Waals surface area contributed by atoms with Crippen molar-refractivity contribution in [3.05, 3.63) is 58.7 Å². The van der Waals surface area contributed by atoms with Crippen LogP contribution < -0.4 is 10.6 Å². The highest BCUT2D eigenvalue weighted by Gasteiger charge is 2.03. The van der Waals surface area contributed by atoms with E-state index in [9.17, 15) is 4.79 Å². The van der Waals surface area contributed by atoms with E-state index in [-0.39, 0.29) is 5.91 Å². The van der Waals surface area contributed by atoms with Crippen LogP contribution in [0.1, 0.15) is 29.2 Å². The third-order valence-electron chi connectivity index (χ3n) is 3.32. The normalized spacial score (nSPS) is 10.3. The van der Waals surface area contributed by atoms with Crippen molar-refractivity contribution in [1.29, 1.82) is 0 Å². The zero-order valence-corrected chi connectivity index (χ0v) is 13.1. The highest BCUT2D eigenvalue weighted by Crippen LogP contribution is 2.21. The molecule has 0 aliphatic carbocycles. The number of amides is 1. The number of carbonyl (C=O) groups is 1. The average Bonchev–Trinajstić information content (AvgIpc) is 2.37. The van der Waals surface area contributed by atoms with Gasteiger partial charge in [-0.2, -0.15) is 0 Å². The van der Waals surface area contributed by atoms with Crippen molar-refractivity contribution in [2.24, 2.45) is 0 Å². The fourth-order valence-corrected chi connectivity index (χ4v) is 2.46. The van der Waals surface area contributed by atoms with Crippen LogP contribution in [0.5, 0.6) is 0 Å². The first-order valence-electron chi connectivity index (χ1n) is 7.13. The van der Waals surface area contributed by atoms with Gasteiger partial charge in [-0.05, 0) is 44.0 Å². The minimum absolute atomic E-state index is 0.0564. The summed E-state index contributed by atoms with van der Waals surface area (Å²) in [5, 5.41) is 6.26. The van der Waals surface area contributed by atoms with E-state index in [1.807, 2.05) is 18.2 Å². The van der Waals surface area contributed by atoms with Crippen LogP contribution in [0.2, 0.25) is 0 Å². The second-order valence-corrected chi connectivity index (χ2v) is 5.56. The second-order valence-electron chi connectivity index (χ2n) is 5.56. The summed E-state index contributed by atoms with van der Waals surface area (Å²) in [6, 6.07) is 12.4. The molecular weight excluding hydrogens is 260 g/mol. The number of nitrogens with one attached hydrogen (secondary N) is 2. The highest BCUT2D eigenvalue weighted by molar-refractivity contribution is 5.89. The molecule has 3 nitrogen and oxygen atoms in total. The van der Waals surface area contributed by atoms with E-state index in [0.29, 0.717) is 0 Å². The maximum Gasteiger partial charge on any atom is 0.221 e. The quantitative estimate of drug-likeness (QED) is 0.883. The molecule has 0 saturated carbocycles. The number of hydrogen-bond acceptors (Lipinski definition) is 2. The van der Waals surface area contributed by atoms with Gasteiger partial charge in [0.15, 0.2) is 0 Å². The Morgan fingerprint density at radius 2 is 1.67 bits per heavy atom. The van der Waals surface area contributed by atoms with Gasteiger partial charge in [0, 0.05) is 24.8 Å². The first kappa shape index (κ1) is 15.1. The van der Waals surface area contributed by atoms with Crippen LogP contribution in [-0.2, 0) is 11.3 Å². The van der Waals surface area contributed by atoms with Gasteiger partial charge in [-0.3, -0.25) is 4.79 Å². The van der Waals surface area contributed by atoms with Crippen LogP contribution in [-0.4, -0.2) is 5.91 Å². The summed E-state index contributed by atoms with van der Waals surface area (Å²) in [5.74, 6) is -0.0564. The third kappa shape index (κ3) is 4.35. The van der Waals surface area contributed by atoms with Crippen molar-refractivity contribution in [3.8, 4) is 0 Å².